The van der Waals surface area contributed by atoms with Crippen molar-refractivity contribution in [2.75, 3.05) is 5.32 Å². The van der Waals surface area contributed by atoms with Crippen molar-refractivity contribution in [3.05, 3.63) is 29.8 Å². The van der Waals surface area contributed by atoms with Gasteiger partial charge in [0.05, 0.1) is 5.92 Å². The van der Waals surface area contributed by atoms with E-state index in [1.807, 2.05) is 24.3 Å². The second kappa shape index (κ2) is 8.01. The van der Waals surface area contributed by atoms with Gasteiger partial charge in [-0.3, -0.25) is 9.59 Å². The molecule has 2 bridgehead atoms. The highest BCUT2D eigenvalue weighted by molar-refractivity contribution is 5.92. The second-order valence-corrected chi connectivity index (χ2v) is 8.68. The second-order valence-electron chi connectivity index (χ2n) is 8.68. The van der Waals surface area contributed by atoms with Gasteiger partial charge < -0.3 is 16.4 Å². The summed E-state index contributed by atoms with van der Waals surface area (Å²) < 4.78 is 0. The molecule has 4 rings (SSSR count). The molecule has 0 heterocycles. The highest BCUT2D eigenvalue weighted by Gasteiger charge is 2.48. The third-order valence-corrected chi connectivity index (χ3v) is 6.92. The fraction of sp³-hybridized carbons (Fsp3) is 0.636. The van der Waals surface area contributed by atoms with Gasteiger partial charge in [0.1, 0.15) is 0 Å². The number of anilines is 1. The molecule has 0 radical (unpaired) electrons. The van der Waals surface area contributed by atoms with Gasteiger partial charge in [-0.25, -0.2) is 0 Å². The number of rotatable bonds is 5. The Hall–Kier alpha value is -1.88. The minimum atomic E-state index is -0.0297. The Balaban J connectivity index is 1.31. The molecule has 1 aromatic rings. The van der Waals surface area contributed by atoms with Crippen LogP contribution in [-0.4, -0.2) is 17.9 Å². The molecule has 146 valence electrons. The molecule has 1 aromatic carbocycles. The molecule has 0 spiro atoms. The Morgan fingerprint density at radius 2 is 1.78 bits per heavy atom. The van der Waals surface area contributed by atoms with E-state index < -0.39 is 0 Å². The number of fused-ring (bicyclic) bond motifs is 2. The standard InChI is InChI=1S/C22H31N3O2/c23-20-17-10-9-16(12-17)19(20)22(27)24-13-14-5-4-8-18(11-14)25-21(26)15-6-2-1-3-7-15/h4-5,8,11,15-17,19-20H,1-3,6-7,9-10,12-13,23H2,(H,24,27)(H,25,26). The van der Waals surface area contributed by atoms with Crippen LogP contribution in [0.5, 0.6) is 0 Å². The molecule has 4 N–H and O–H groups in total. The first-order valence-electron chi connectivity index (χ1n) is 10.5. The molecule has 0 saturated heterocycles. The van der Waals surface area contributed by atoms with Crippen molar-refractivity contribution in [2.24, 2.45) is 29.4 Å². The summed E-state index contributed by atoms with van der Waals surface area (Å²) in [5.41, 5.74) is 8.09. The molecule has 2 amide bonds. The molecule has 4 atom stereocenters. The number of hydrogen-bond acceptors (Lipinski definition) is 3. The highest BCUT2D eigenvalue weighted by Crippen LogP contribution is 2.47. The lowest BCUT2D eigenvalue weighted by molar-refractivity contribution is -0.127. The summed E-state index contributed by atoms with van der Waals surface area (Å²) in [5.74, 6) is 1.32. The molecule has 27 heavy (non-hydrogen) atoms. The third-order valence-electron chi connectivity index (χ3n) is 6.92. The van der Waals surface area contributed by atoms with Crippen LogP contribution < -0.4 is 16.4 Å². The van der Waals surface area contributed by atoms with Gasteiger partial charge in [-0.05, 0) is 61.6 Å². The predicted octanol–water partition coefficient (Wildman–Crippen LogP) is 3.20. The third kappa shape index (κ3) is 4.03. The van der Waals surface area contributed by atoms with E-state index in [1.165, 1.54) is 12.8 Å². The molecule has 5 nitrogen and oxygen atoms in total. The Morgan fingerprint density at radius 3 is 2.52 bits per heavy atom. The number of benzene rings is 1. The average Bonchev–Trinajstić information content (AvgIpc) is 3.28. The molecule has 5 heteroatoms. The maximum atomic E-state index is 12.6. The number of amides is 2. The maximum Gasteiger partial charge on any atom is 0.227 e. The van der Waals surface area contributed by atoms with Crippen LogP contribution in [0, 0.1) is 23.7 Å². The van der Waals surface area contributed by atoms with E-state index in [2.05, 4.69) is 10.6 Å². The van der Waals surface area contributed by atoms with Crippen molar-refractivity contribution < 1.29 is 9.59 Å². The predicted molar refractivity (Wildman–Crippen MR) is 106 cm³/mol. The number of hydrogen-bond donors (Lipinski definition) is 3. The van der Waals surface area contributed by atoms with E-state index in [1.54, 1.807) is 0 Å². The molecule has 3 fully saturated rings. The first-order chi connectivity index (χ1) is 13.1. The van der Waals surface area contributed by atoms with Crippen LogP contribution in [0.3, 0.4) is 0 Å². The van der Waals surface area contributed by atoms with E-state index in [0.29, 0.717) is 18.4 Å². The minimum Gasteiger partial charge on any atom is -0.352 e. The van der Waals surface area contributed by atoms with Gasteiger partial charge in [-0.1, -0.05) is 31.4 Å². The Labute approximate surface area is 161 Å². The lowest BCUT2D eigenvalue weighted by Gasteiger charge is -2.27. The Morgan fingerprint density at radius 1 is 1.00 bits per heavy atom. The fourth-order valence-electron chi connectivity index (χ4n) is 5.40. The zero-order valence-electron chi connectivity index (χ0n) is 16.0. The summed E-state index contributed by atoms with van der Waals surface area (Å²) in [6, 6.07) is 7.81. The van der Waals surface area contributed by atoms with Crippen LogP contribution in [0.4, 0.5) is 5.69 Å². The van der Waals surface area contributed by atoms with E-state index in [0.717, 1.165) is 49.8 Å². The maximum absolute atomic E-state index is 12.6. The molecule has 0 aliphatic heterocycles. The van der Waals surface area contributed by atoms with Gasteiger partial charge in [0, 0.05) is 24.2 Å². The SMILES string of the molecule is NC1C2CCC(C2)C1C(=O)NCc1cccc(NC(=O)C2CCCCC2)c1. The van der Waals surface area contributed by atoms with E-state index in [-0.39, 0.29) is 29.7 Å². The Bertz CT molecular complexity index is 697. The van der Waals surface area contributed by atoms with Crippen LogP contribution >= 0.6 is 0 Å². The van der Waals surface area contributed by atoms with Crippen LogP contribution in [0.25, 0.3) is 0 Å². The number of carbonyl (C=O) groups is 2. The quantitative estimate of drug-likeness (QED) is 0.745. The molecular weight excluding hydrogens is 338 g/mol. The summed E-state index contributed by atoms with van der Waals surface area (Å²) in [6.07, 6.45) is 8.95. The van der Waals surface area contributed by atoms with Gasteiger partial charge in [0.2, 0.25) is 11.8 Å². The number of carbonyl (C=O) groups excluding carboxylic acids is 2. The highest BCUT2D eigenvalue weighted by atomic mass is 16.2. The summed E-state index contributed by atoms with van der Waals surface area (Å²) in [6.45, 7) is 0.479. The van der Waals surface area contributed by atoms with Crippen molar-refractivity contribution in [1.29, 1.82) is 0 Å². The summed E-state index contributed by atoms with van der Waals surface area (Å²) in [7, 11) is 0. The number of nitrogens with two attached hydrogens (primary N) is 1. The minimum absolute atomic E-state index is 0.0184. The largest absolute Gasteiger partial charge is 0.352 e. The van der Waals surface area contributed by atoms with Gasteiger partial charge in [-0.15, -0.1) is 0 Å². The number of nitrogens with one attached hydrogen (secondary N) is 2. The lowest BCUT2D eigenvalue weighted by Crippen LogP contribution is -2.45. The van der Waals surface area contributed by atoms with E-state index >= 15 is 0 Å². The van der Waals surface area contributed by atoms with Gasteiger partial charge in [-0.2, -0.15) is 0 Å². The molecular formula is C22H31N3O2. The van der Waals surface area contributed by atoms with Crippen molar-refractivity contribution in [2.45, 2.75) is 64.0 Å². The first kappa shape index (κ1) is 18.5. The van der Waals surface area contributed by atoms with Crippen LogP contribution in [0.2, 0.25) is 0 Å². The molecule has 3 aliphatic carbocycles. The Kier molecular flexibility index (Phi) is 5.48. The lowest BCUT2D eigenvalue weighted by atomic mass is 9.84. The molecule has 0 aromatic heterocycles. The van der Waals surface area contributed by atoms with E-state index in [4.69, 9.17) is 5.73 Å². The van der Waals surface area contributed by atoms with Gasteiger partial charge in [0.25, 0.3) is 0 Å². The van der Waals surface area contributed by atoms with Crippen molar-refractivity contribution in [1.82, 2.24) is 5.32 Å². The first-order valence-corrected chi connectivity index (χ1v) is 10.5. The van der Waals surface area contributed by atoms with Crippen molar-refractivity contribution >= 4 is 17.5 Å². The van der Waals surface area contributed by atoms with Crippen LogP contribution in [0.1, 0.15) is 56.9 Å². The molecule has 4 unspecified atom stereocenters. The zero-order chi connectivity index (χ0) is 18.8. The summed E-state index contributed by atoms with van der Waals surface area (Å²) >= 11 is 0. The van der Waals surface area contributed by atoms with Crippen molar-refractivity contribution in [3.8, 4) is 0 Å². The van der Waals surface area contributed by atoms with Crippen LogP contribution in [-0.2, 0) is 16.1 Å². The van der Waals surface area contributed by atoms with Crippen LogP contribution in [0.15, 0.2) is 24.3 Å². The smallest absolute Gasteiger partial charge is 0.227 e. The zero-order valence-corrected chi connectivity index (χ0v) is 16.0. The molecule has 3 aliphatic rings. The van der Waals surface area contributed by atoms with Gasteiger partial charge in [0.15, 0.2) is 0 Å². The van der Waals surface area contributed by atoms with Crippen molar-refractivity contribution in [3.63, 3.8) is 0 Å². The van der Waals surface area contributed by atoms with E-state index in [9.17, 15) is 9.59 Å². The summed E-state index contributed by atoms with van der Waals surface area (Å²) in [4.78, 5) is 25.1. The topological polar surface area (TPSA) is 84.2 Å². The fourth-order valence-corrected chi connectivity index (χ4v) is 5.40. The molecule has 3 saturated carbocycles. The normalized spacial score (nSPS) is 30.3. The monoisotopic (exact) mass is 369 g/mol. The summed E-state index contributed by atoms with van der Waals surface area (Å²) in [5, 5.41) is 6.12. The van der Waals surface area contributed by atoms with Gasteiger partial charge >= 0.3 is 0 Å². The average molecular weight is 370 g/mol.